The summed E-state index contributed by atoms with van der Waals surface area (Å²) >= 11 is 5.25. The number of benzene rings is 2. The molecule has 0 aliphatic heterocycles. The molecule has 0 unspecified atom stereocenters. The van der Waals surface area contributed by atoms with Crippen molar-refractivity contribution in [1.82, 2.24) is 5.32 Å². The molecule has 150 valence electrons. The van der Waals surface area contributed by atoms with Gasteiger partial charge in [0.25, 0.3) is 5.91 Å². The van der Waals surface area contributed by atoms with Gasteiger partial charge in [-0.1, -0.05) is 32.9 Å². The van der Waals surface area contributed by atoms with Gasteiger partial charge < -0.3 is 14.8 Å². The van der Waals surface area contributed by atoms with Crippen LogP contribution in [0.4, 0.5) is 5.69 Å². The molecule has 3 aromatic rings. The Labute approximate surface area is 175 Å². The van der Waals surface area contributed by atoms with E-state index < -0.39 is 0 Å². The maximum absolute atomic E-state index is 12.4. The third-order valence-electron chi connectivity index (χ3n) is 4.48. The summed E-state index contributed by atoms with van der Waals surface area (Å²) in [6.07, 6.45) is 0. The minimum absolute atomic E-state index is 0.0351. The van der Waals surface area contributed by atoms with Crippen molar-refractivity contribution in [2.24, 2.45) is 0 Å². The van der Waals surface area contributed by atoms with Crippen LogP contribution < -0.4 is 10.6 Å². The van der Waals surface area contributed by atoms with E-state index in [2.05, 4.69) is 31.4 Å². The Hall–Kier alpha value is -2.96. The number of rotatable bonds is 4. The third-order valence-corrected chi connectivity index (χ3v) is 4.69. The summed E-state index contributed by atoms with van der Waals surface area (Å²) in [4.78, 5) is 12.4. The Bertz CT molecular complexity index is 1000. The van der Waals surface area contributed by atoms with Crippen molar-refractivity contribution in [2.45, 2.75) is 32.8 Å². The van der Waals surface area contributed by atoms with Gasteiger partial charge >= 0.3 is 0 Å². The minimum atomic E-state index is -0.258. The van der Waals surface area contributed by atoms with Crippen molar-refractivity contribution in [3.05, 3.63) is 77.6 Å². The molecule has 0 saturated carbocycles. The molecule has 1 heterocycles. The van der Waals surface area contributed by atoms with E-state index in [4.69, 9.17) is 21.7 Å². The highest BCUT2D eigenvalue weighted by Crippen LogP contribution is 2.24. The van der Waals surface area contributed by atoms with Crippen molar-refractivity contribution in [1.29, 1.82) is 0 Å². The predicted molar refractivity (Wildman–Crippen MR) is 119 cm³/mol. The van der Waals surface area contributed by atoms with Gasteiger partial charge in [-0.25, -0.2) is 0 Å². The van der Waals surface area contributed by atoms with Gasteiger partial charge in [-0.05, 0) is 71.7 Å². The van der Waals surface area contributed by atoms with Crippen LogP contribution >= 0.6 is 12.2 Å². The Morgan fingerprint density at radius 1 is 1.00 bits per heavy atom. The number of nitrogens with one attached hydrogen (secondary N) is 2. The zero-order valence-electron chi connectivity index (χ0n) is 16.7. The number of amides is 1. The molecule has 0 bridgehead atoms. The standard InChI is InChI=1S/C23H24N2O3S/c1-23(2,3)17-8-4-16(5-9-17)21(27)25-22(29)24-18-10-6-15(7-11-18)20-13-12-19(14-26)28-20/h4-13,26H,14H2,1-3H3,(H2,24,25,27,29). The van der Waals surface area contributed by atoms with Gasteiger partial charge in [-0.15, -0.1) is 0 Å². The van der Waals surface area contributed by atoms with Crippen LogP contribution in [0.15, 0.2) is 65.1 Å². The van der Waals surface area contributed by atoms with Gasteiger partial charge in [-0.3, -0.25) is 10.1 Å². The smallest absolute Gasteiger partial charge is 0.257 e. The second kappa shape index (κ2) is 8.59. The second-order valence-electron chi connectivity index (χ2n) is 7.74. The lowest BCUT2D eigenvalue weighted by Gasteiger charge is -2.19. The molecular formula is C23H24N2O3S. The van der Waals surface area contributed by atoms with E-state index >= 15 is 0 Å². The normalized spacial score (nSPS) is 11.2. The van der Waals surface area contributed by atoms with Crippen LogP contribution in [0.5, 0.6) is 0 Å². The number of aliphatic hydroxyl groups excluding tert-OH is 1. The van der Waals surface area contributed by atoms with E-state index in [1.165, 1.54) is 0 Å². The quantitative estimate of drug-likeness (QED) is 0.538. The molecule has 0 aliphatic rings. The van der Waals surface area contributed by atoms with E-state index in [-0.39, 0.29) is 23.0 Å². The van der Waals surface area contributed by atoms with Crippen molar-refractivity contribution in [3.8, 4) is 11.3 Å². The monoisotopic (exact) mass is 408 g/mol. The van der Waals surface area contributed by atoms with Crippen molar-refractivity contribution in [2.75, 3.05) is 5.32 Å². The summed E-state index contributed by atoms with van der Waals surface area (Å²) in [7, 11) is 0. The summed E-state index contributed by atoms with van der Waals surface area (Å²) < 4.78 is 5.52. The van der Waals surface area contributed by atoms with Gasteiger partial charge in [0.1, 0.15) is 18.1 Å². The average Bonchev–Trinajstić information content (AvgIpc) is 3.17. The number of furan rings is 1. The number of aliphatic hydroxyl groups is 1. The van der Waals surface area contributed by atoms with E-state index in [0.717, 1.165) is 16.8 Å². The molecule has 3 N–H and O–H groups in total. The lowest BCUT2D eigenvalue weighted by molar-refractivity contribution is 0.0977. The molecule has 0 saturated heterocycles. The van der Waals surface area contributed by atoms with Gasteiger partial charge in [-0.2, -0.15) is 0 Å². The number of hydrogen-bond acceptors (Lipinski definition) is 4. The van der Waals surface area contributed by atoms with Crippen LogP contribution in [0.1, 0.15) is 42.5 Å². The molecule has 3 rings (SSSR count). The van der Waals surface area contributed by atoms with Crippen LogP contribution in [0, 0.1) is 0 Å². The largest absolute Gasteiger partial charge is 0.459 e. The van der Waals surface area contributed by atoms with Gasteiger partial charge in [0.05, 0.1) is 0 Å². The summed E-state index contributed by atoms with van der Waals surface area (Å²) in [6, 6.07) is 18.5. The van der Waals surface area contributed by atoms with Crippen molar-refractivity contribution >= 4 is 28.9 Å². The fourth-order valence-electron chi connectivity index (χ4n) is 2.80. The predicted octanol–water partition coefficient (Wildman–Crippen LogP) is 4.86. The van der Waals surface area contributed by atoms with Crippen LogP contribution in [0.3, 0.4) is 0 Å². The first kappa shape index (κ1) is 20.8. The molecule has 0 aliphatic carbocycles. The topological polar surface area (TPSA) is 74.5 Å². The zero-order valence-corrected chi connectivity index (χ0v) is 17.5. The Morgan fingerprint density at radius 2 is 1.66 bits per heavy atom. The highest BCUT2D eigenvalue weighted by Gasteiger charge is 2.15. The number of carbonyl (C=O) groups is 1. The first-order valence-corrected chi connectivity index (χ1v) is 9.70. The molecule has 6 heteroatoms. The molecule has 1 amide bonds. The maximum Gasteiger partial charge on any atom is 0.257 e. The number of anilines is 1. The van der Waals surface area contributed by atoms with E-state index in [9.17, 15) is 4.79 Å². The fourth-order valence-corrected chi connectivity index (χ4v) is 3.01. The molecule has 0 spiro atoms. The zero-order chi connectivity index (χ0) is 21.0. The van der Waals surface area contributed by atoms with Gasteiger partial charge in [0.15, 0.2) is 5.11 Å². The Balaban J connectivity index is 1.59. The molecule has 29 heavy (non-hydrogen) atoms. The van der Waals surface area contributed by atoms with E-state index in [0.29, 0.717) is 17.1 Å². The third kappa shape index (κ3) is 5.31. The maximum atomic E-state index is 12.4. The molecule has 1 aromatic heterocycles. The molecule has 0 atom stereocenters. The summed E-state index contributed by atoms with van der Waals surface area (Å²) in [6.45, 7) is 6.25. The summed E-state index contributed by atoms with van der Waals surface area (Å²) in [5.41, 5.74) is 3.38. The summed E-state index contributed by atoms with van der Waals surface area (Å²) in [5, 5.41) is 15.0. The minimum Gasteiger partial charge on any atom is -0.459 e. The second-order valence-corrected chi connectivity index (χ2v) is 8.15. The Kier molecular flexibility index (Phi) is 6.15. The number of hydrogen-bond donors (Lipinski definition) is 3. The molecular weight excluding hydrogens is 384 g/mol. The van der Waals surface area contributed by atoms with Gasteiger partial charge in [0, 0.05) is 16.8 Å². The van der Waals surface area contributed by atoms with Crippen LogP contribution in [-0.4, -0.2) is 16.1 Å². The Morgan fingerprint density at radius 3 is 2.21 bits per heavy atom. The fraction of sp³-hybridized carbons (Fsp3) is 0.217. The van der Waals surface area contributed by atoms with Crippen molar-refractivity contribution < 1.29 is 14.3 Å². The highest BCUT2D eigenvalue weighted by molar-refractivity contribution is 7.80. The van der Waals surface area contributed by atoms with E-state index in [1.54, 1.807) is 18.2 Å². The lowest BCUT2D eigenvalue weighted by atomic mass is 9.87. The van der Waals surface area contributed by atoms with Crippen LogP contribution in [0.25, 0.3) is 11.3 Å². The summed E-state index contributed by atoms with van der Waals surface area (Å²) in [5.74, 6) is 0.934. The van der Waals surface area contributed by atoms with Crippen LogP contribution in [-0.2, 0) is 12.0 Å². The number of carbonyl (C=O) groups excluding carboxylic acids is 1. The SMILES string of the molecule is CC(C)(C)c1ccc(C(=O)NC(=S)Nc2ccc(-c3ccc(CO)o3)cc2)cc1. The van der Waals surface area contributed by atoms with E-state index in [1.807, 2.05) is 42.5 Å². The molecule has 0 radical (unpaired) electrons. The average molecular weight is 409 g/mol. The molecule has 5 nitrogen and oxygen atoms in total. The molecule has 0 fully saturated rings. The number of thiocarbonyl (C=S) groups is 1. The van der Waals surface area contributed by atoms with Crippen LogP contribution in [0.2, 0.25) is 0 Å². The first-order chi connectivity index (χ1) is 13.8. The van der Waals surface area contributed by atoms with Crippen molar-refractivity contribution in [3.63, 3.8) is 0 Å². The molecule has 2 aromatic carbocycles. The first-order valence-electron chi connectivity index (χ1n) is 9.29. The van der Waals surface area contributed by atoms with Gasteiger partial charge in [0.2, 0.25) is 0 Å². The highest BCUT2D eigenvalue weighted by atomic mass is 32.1. The lowest BCUT2D eigenvalue weighted by Crippen LogP contribution is -2.34.